The quantitative estimate of drug-likeness (QED) is 0.640. The van der Waals surface area contributed by atoms with Crippen LogP contribution in [0, 0.1) is 0 Å². The van der Waals surface area contributed by atoms with Crippen molar-refractivity contribution in [1.82, 2.24) is 4.98 Å². The highest BCUT2D eigenvalue weighted by Gasteiger charge is 1.93. The molecule has 9 heavy (non-hydrogen) atoms. The summed E-state index contributed by atoms with van der Waals surface area (Å²) < 4.78 is 0. The Labute approximate surface area is 58.7 Å². The summed E-state index contributed by atoms with van der Waals surface area (Å²) in [5, 5.41) is 0.639. The van der Waals surface area contributed by atoms with Gasteiger partial charge in [0, 0.05) is 18.9 Å². The summed E-state index contributed by atoms with van der Waals surface area (Å²) in [6.45, 7) is 0.474. The molecule has 1 heterocycles. The second-order valence-electron chi connectivity index (χ2n) is 1.67. The summed E-state index contributed by atoms with van der Waals surface area (Å²) >= 11 is 5.68. The Hall–Kier alpha value is -0.600. The van der Waals surface area contributed by atoms with Crippen molar-refractivity contribution in [2.45, 2.75) is 6.54 Å². The zero-order chi connectivity index (χ0) is 6.69. The van der Waals surface area contributed by atoms with Crippen LogP contribution in [0.15, 0.2) is 18.5 Å². The number of aromatic nitrogens is 1. The lowest BCUT2D eigenvalue weighted by atomic mass is 10.3. The summed E-state index contributed by atoms with van der Waals surface area (Å²) in [5.41, 5.74) is 6.28. The molecule has 0 aromatic carbocycles. The van der Waals surface area contributed by atoms with Crippen molar-refractivity contribution in [3.05, 3.63) is 29.0 Å². The van der Waals surface area contributed by atoms with Crippen LogP contribution in [0.2, 0.25) is 5.02 Å². The molecule has 48 valence electrons. The molecule has 0 bridgehead atoms. The van der Waals surface area contributed by atoms with E-state index < -0.39 is 0 Å². The molecule has 0 unspecified atom stereocenters. The van der Waals surface area contributed by atoms with Crippen LogP contribution in [0.5, 0.6) is 0 Å². The molecule has 2 N–H and O–H groups in total. The topological polar surface area (TPSA) is 38.9 Å². The van der Waals surface area contributed by atoms with Crippen LogP contribution < -0.4 is 5.73 Å². The van der Waals surface area contributed by atoms with Crippen molar-refractivity contribution in [2.24, 2.45) is 5.73 Å². The van der Waals surface area contributed by atoms with E-state index in [4.69, 9.17) is 17.3 Å². The van der Waals surface area contributed by atoms with Crippen molar-refractivity contribution in [3.8, 4) is 0 Å². The number of nitrogens with zero attached hydrogens (tertiary/aromatic N) is 1. The van der Waals surface area contributed by atoms with Gasteiger partial charge in [-0.25, -0.2) is 0 Å². The van der Waals surface area contributed by atoms with Gasteiger partial charge in [-0.2, -0.15) is 0 Å². The summed E-state index contributed by atoms with van der Waals surface area (Å²) in [7, 11) is 0. The molecule has 0 atom stereocenters. The van der Waals surface area contributed by atoms with E-state index >= 15 is 0 Å². The maximum atomic E-state index is 5.68. The van der Waals surface area contributed by atoms with Gasteiger partial charge in [-0.05, 0) is 11.6 Å². The maximum absolute atomic E-state index is 5.68. The minimum Gasteiger partial charge on any atom is -0.326 e. The molecule has 0 spiro atoms. The van der Waals surface area contributed by atoms with Crippen LogP contribution in [0.4, 0.5) is 0 Å². The normalized spacial score (nSPS) is 9.56. The average Bonchev–Trinajstić information content (AvgIpc) is 1.89. The minimum atomic E-state index is 0.474. The average molecular weight is 143 g/mol. The molecule has 0 saturated carbocycles. The number of hydrogen-bond donors (Lipinski definition) is 1. The zero-order valence-electron chi connectivity index (χ0n) is 4.84. The smallest absolute Gasteiger partial charge is 0.0634 e. The van der Waals surface area contributed by atoms with Gasteiger partial charge >= 0.3 is 0 Å². The van der Waals surface area contributed by atoms with E-state index in [0.29, 0.717) is 11.6 Å². The summed E-state index contributed by atoms with van der Waals surface area (Å²) in [6.07, 6.45) is 3.26. The van der Waals surface area contributed by atoms with E-state index in [1.54, 1.807) is 12.4 Å². The summed E-state index contributed by atoms with van der Waals surface area (Å²) in [5.74, 6) is 0. The second-order valence-corrected chi connectivity index (χ2v) is 2.08. The largest absolute Gasteiger partial charge is 0.326 e. The van der Waals surface area contributed by atoms with Gasteiger partial charge in [-0.1, -0.05) is 11.6 Å². The van der Waals surface area contributed by atoms with Crippen molar-refractivity contribution >= 4 is 11.6 Å². The first-order valence-corrected chi connectivity index (χ1v) is 3.01. The molecular formula is C6H7ClN2. The highest BCUT2D eigenvalue weighted by Crippen LogP contribution is 2.11. The Morgan fingerprint density at radius 1 is 1.67 bits per heavy atom. The van der Waals surface area contributed by atoms with Crippen molar-refractivity contribution in [2.75, 3.05) is 0 Å². The fourth-order valence-electron chi connectivity index (χ4n) is 0.570. The van der Waals surface area contributed by atoms with E-state index in [-0.39, 0.29) is 0 Å². The lowest BCUT2D eigenvalue weighted by Crippen LogP contribution is -1.96. The Morgan fingerprint density at radius 2 is 2.44 bits per heavy atom. The monoisotopic (exact) mass is 142 g/mol. The molecule has 3 heteroatoms. The number of halogens is 1. The molecule has 0 aliphatic carbocycles. The Morgan fingerprint density at radius 3 is 2.89 bits per heavy atom. The van der Waals surface area contributed by atoms with E-state index in [2.05, 4.69) is 4.98 Å². The molecule has 0 fully saturated rings. The zero-order valence-corrected chi connectivity index (χ0v) is 5.60. The van der Waals surface area contributed by atoms with E-state index in [1.165, 1.54) is 0 Å². The number of rotatable bonds is 1. The van der Waals surface area contributed by atoms with E-state index in [9.17, 15) is 0 Å². The molecule has 0 amide bonds. The fraction of sp³-hybridized carbons (Fsp3) is 0.167. The van der Waals surface area contributed by atoms with E-state index in [1.807, 2.05) is 6.07 Å². The van der Waals surface area contributed by atoms with Gasteiger partial charge in [-0.15, -0.1) is 0 Å². The van der Waals surface area contributed by atoms with Gasteiger partial charge in [0.1, 0.15) is 0 Å². The third-order valence-corrected chi connectivity index (χ3v) is 1.42. The van der Waals surface area contributed by atoms with Crippen LogP contribution in [-0.4, -0.2) is 4.98 Å². The highest BCUT2D eigenvalue weighted by molar-refractivity contribution is 6.31. The first kappa shape index (κ1) is 6.52. The first-order valence-electron chi connectivity index (χ1n) is 2.63. The SMILES string of the molecule is NCc1ccncc1Cl. The van der Waals surface area contributed by atoms with Gasteiger partial charge in [0.2, 0.25) is 0 Å². The Kier molecular flexibility index (Phi) is 2.03. The van der Waals surface area contributed by atoms with Crippen LogP contribution in [0.25, 0.3) is 0 Å². The van der Waals surface area contributed by atoms with E-state index in [0.717, 1.165) is 5.56 Å². The van der Waals surface area contributed by atoms with Crippen molar-refractivity contribution in [3.63, 3.8) is 0 Å². The standard InChI is InChI=1S/C6H7ClN2/c7-6-4-9-2-1-5(6)3-8/h1-2,4H,3,8H2. The van der Waals surface area contributed by atoms with Crippen LogP contribution in [-0.2, 0) is 6.54 Å². The lowest BCUT2D eigenvalue weighted by Gasteiger charge is -1.95. The second kappa shape index (κ2) is 2.80. The molecule has 1 aromatic heterocycles. The molecule has 1 aromatic rings. The van der Waals surface area contributed by atoms with Crippen LogP contribution >= 0.6 is 11.6 Å². The molecule has 0 saturated heterocycles. The third-order valence-electron chi connectivity index (χ3n) is 1.08. The van der Waals surface area contributed by atoms with Crippen LogP contribution in [0.1, 0.15) is 5.56 Å². The van der Waals surface area contributed by atoms with Gasteiger partial charge in [0.25, 0.3) is 0 Å². The van der Waals surface area contributed by atoms with Gasteiger partial charge in [0.05, 0.1) is 5.02 Å². The number of pyridine rings is 1. The predicted octanol–water partition coefficient (Wildman–Crippen LogP) is 1.19. The number of hydrogen-bond acceptors (Lipinski definition) is 2. The van der Waals surface area contributed by atoms with Crippen molar-refractivity contribution in [1.29, 1.82) is 0 Å². The third kappa shape index (κ3) is 1.40. The summed E-state index contributed by atoms with van der Waals surface area (Å²) in [6, 6.07) is 1.81. The highest BCUT2D eigenvalue weighted by atomic mass is 35.5. The van der Waals surface area contributed by atoms with Gasteiger partial charge < -0.3 is 5.73 Å². The molecule has 0 aliphatic rings. The summed E-state index contributed by atoms with van der Waals surface area (Å²) in [4.78, 5) is 3.81. The van der Waals surface area contributed by atoms with Gasteiger partial charge in [-0.3, -0.25) is 4.98 Å². The Balaban J connectivity index is 3.01. The maximum Gasteiger partial charge on any atom is 0.0634 e. The molecule has 0 radical (unpaired) electrons. The molecule has 0 aliphatic heterocycles. The van der Waals surface area contributed by atoms with Crippen molar-refractivity contribution < 1.29 is 0 Å². The molecule has 1 rings (SSSR count). The predicted molar refractivity (Wildman–Crippen MR) is 37.1 cm³/mol. The number of nitrogens with two attached hydrogens (primary N) is 1. The van der Waals surface area contributed by atoms with Gasteiger partial charge in [0.15, 0.2) is 0 Å². The first-order chi connectivity index (χ1) is 4.34. The van der Waals surface area contributed by atoms with Crippen LogP contribution in [0.3, 0.4) is 0 Å². The minimum absolute atomic E-state index is 0.474. The fourth-order valence-corrected chi connectivity index (χ4v) is 0.766. The molecular weight excluding hydrogens is 136 g/mol. The lowest BCUT2D eigenvalue weighted by molar-refractivity contribution is 1.06. The molecule has 2 nitrogen and oxygen atoms in total. The Bertz CT molecular complexity index is 200.